The van der Waals surface area contributed by atoms with Gasteiger partial charge in [-0.15, -0.1) is 0 Å². The molecule has 0 amide bonds. The van der Waals surface area contributed by atoms with Crippen LogP contribution in [0.5, 0.6) is 11.5 Å². The van der Waals surface area contributed by atoms with Crippen LogP contribution in [0.4, 0.5) is 5.95 Å². The number of hydrogen-bond donors (Lipinski definition) is 0. The van der Waals surface area contributed by atoms with Gasteiger partial charge in [0.05, 0.1) is 18.8 Å². The Morgan fingerprint density at radius 3 is 2.45 bits per heavy atom. The van der Waals surface area contributed by atoms with Gasteiger partial charge >= 0.3 is 0 Å². The molecule has 1 aliphatic heterocycles. The molecule has 4 aromatic rings. The fourth-order valence-corrected chi connectivity index (χ4v) is 3.89. The molecule has 0 radical (unpaired) electrons. The average Bonchev–Trinajstić information content (AvgIpc) is 2.87. The normalized spacial score (nSPS) is 15.9. The van der Waals surface area contributed by atoms with Gasteiger partial charge in [-0.2, -0.15) is 0 Å². The van der Waals surface area contributed by atoms with Crippen molar-refractivity contribution in [3.8, 4) is 22.8 Å². The lowest BCUT2D eigenvalue weighted by atomic mass is 10.1. The fourth-order valence-electron chi connectivity index (χ4n) is 3.89. The molecule has 0 bridgehead atoms. The van der Waals surface area contributed by atoms with Crippen molar-refractivity contribution in [2.24, 2.45) is 7.05 Å². The number of ether oxygens (including phenoxy) is 2. The van der Waals surface area contributed by atoms with Crippen LogP contribution < -0.4 is 15.2 Å². The average molecular weight is 441 g/mol. The van der Waals surface area contributed by atoms with Gasteiger partial charge < -0.3 is 14.4 Å². The Hall–Kier alpha value is -3.97. The smallest absolute Gasteiger partial charge is 0.255 e. The lowest BCUT2D eigenvalue weighted by molar-refractivity contribution is 0.0389. The fraction of sp³-hybridized carbons (Fsp3) is 0.192. The van der Waals surface area contributed by atoms with Crippen molar-refractivity contribution >= 4 is 5.95 Å². The molecule has 2 aromatic carbocycles. The molecule has 1 saturated heterocycles. The first-order chi connectivity index (χ1) is 16.2. The predicted molar refractivity (Wildman–Crippen MR) is 127 cm³/mol. The van der Waals surface area contributed by atoms with E-state index in [9.17, 15) is 4.79 Å². The summed E-state index contributed by atoms with van der Waals surface area (Å²) < 4.78 is 13.5. The first-order valence-electron chi connectivity index (χ1n) is 10.9. The number of benzene rings is 2. The molecular weight excluding hydrogens is 416 g/mol. The van der Waals surface area contributed by atoms with Crippen LogP contribution in [0, 0.1) is 0 Å². The Bertz CT molecular complexity index is 1270. The highest BCUT2D eigenvalue weighted by Crippen LogP contribution is 2.28. The third-order valence-corrected chi connectivity index (χ3v) is 5.67. The molecule has 33 heavy (non-hydrogen) atoms. The Morgan fingerprint density at radius 2 is 1.70 bits per heavy atom. The van der Waals surface area contributed by atoms with Gasteiger partial charge in [-0.05, 0) is 42.0 Å². The minimum absolute atomic E-state index is 0.0998. The summed E-state index contributed by atoms with van der Waals surface area (Å²) in [4.78, 5) is 23.6. The van der Waals surface area contributed by atoms with Gasteiger partial charge in [0.25, 0.3) is 5.56 Å². The molecule has 2 aromatic heterocycles. The maximum Gasteiger partial charge on any atom is 0.255 e. The van der Waals surface area contributed by atoms with E-state index < -0.39 is 0 Å². The van der Waals surface area contributed by atoms with Crippen molar-refractivity contribution < 1.29 is 9.47 Å². The lowest BCUT2D eigenvalue weighted by Crippen LogP contribution is -2.41. The maximum atomic E-state index is 12.7. The van der Waals surface area contributed by atoms with Crippen molar-refractivity contribution in [1.82, 2.24) is 14.5 Å². The van der Waals surface area contributed by atoms with E-state index >= 15 is 0 Å². The largest absolute Gasteiger partial charge is 0.457 e. The second kappa shape index (κ2) is 9.26. The van der Waals surface area contributed by atoms with E-state index in [1.807, 2.05) is 66.7 Å². The lowest BCUT2D eigenvalue weighted by Gasteiger charge is -2.34. The van der Waals surface area contributed by atoms with Gasteiger partial charge in [0.15, 0.2) is 0 Å². The molecule has 0 saturated carbocycles. The Kier molecular flexibility index (Phi) is 5.87. The van der Waals surface area contributed by atoms with Crippen LogP contribution in [0.25, 0.3) is 11.3 Å². The van der Waals surface area contributed by atoms with Crippen LogP contribution in [0.3, 0.4) is 0 Å². The van der Waals surface area contributed by atoms with E-state index in [4.69, 9.17) is 14.5 Å². The van der Waals surface area contributed by atoms with Crippen molar-refractivity contribution in [2.75, 3.05) is 24.6 Å². The molecule has 1 aliphatic rings. The minimum Gasteiger partial charge on any atom is -0.457 e. The van der Waals surface area contributed by atoms with Crippen molar-refractivity contribution in [3.05, 3.63) is 101 Å². The summed E-state index contributed by atoms with van der Waals surface area (Å²) in [5.74, 6) is 2.20. The number of morpholine rings is 1. The number of hydrogen-bond acceptors (Lipinski definition) is 6. The molecule has 0 aliphatic carbocycles. The predicted octanol–water partition coefficient (Wildman–Crippen LogP) is 4.21. The number of para-hydroxylation sites is 1. The van der Waals surface area contributed by atoms with Gasteiger partial charge in [-0.3, -0.25) is 14.3 Å². The number of pyridine rings is 1. The molecule has 0 spiro atoms. The Balaban J connectivity index is 1.36. The second-order valence-corrected chi connectivity index (χ2v) is 7.86. The van der Waals surface area contributed by atoms with E-state index in [0.717, 1.165) is 22.6 Å². The maximum absolute atomic E-state index is 12.7. The van der Waals surface area contributed by atoms with Gasteiger partial charge in [0, 0.05) is 37.6 Å². The van der Waals surface area contributed by atoms with E-state index in [1.54, 1.807) is 30.1 Å². The molecule has 3 heterocycles. The molecule has 1 fully saturated rings. The minimum atomic E-state index is -0.133. The summed E-state index contributed by atoms with van der Waals surface area (Å²) >= 11 is 0. The second-order valence-electron chi connectivity index (χ2n) is 7.86. The highest BCUT2D eigenvalue weighted by molar-refractivity contribution is 5.59. The van der Waals surface area contributed by atoms with Crippen LogP contribution in [0.15, 0.2) is 90.0 Å². The standard InChI is InChI=1S/C26H24N4O3/c1-29-25(31)17-23(19-11-13-27-14-12-19)28-26(29)30-15-16-32-24(18-30)20-7-9-22(10-8-20)33-21-5-3-2-4-6-21/h2-14,17,24H,15-16,18H2,1H3. The molecule has 0 N–H and O–H groups in total. The first kappa shape index (κ1) is 20.9. The molecule has 1 atom stereocenters. The number of aromatic nitrogens is 3. The summed E-state index contributed by atoms with van der Waals surface area (Å²) in [6, 6.07) is 22.9. The zero-order valence-electron chi connectivity index (χ0n) is 18.3. The first-order valence-corrected chi connectivity index (χ1v) is 10.9. The highest BCUT2D eigenvalue weighted by Gasteiger charge is 2.25. The Labute approximate surface area is 191 Å². The van der Waals surface area contributed by atoms with Crippen LogP contribution in [-0.4, -0.2) is 34.2 Å². The molecule has 166 valence electrons. The zero-order chi connectivity index (χ0) is 22.6. The Morgan fingerprint density at radius 1 is 0.970 bits per heavy atom. The summed E-state index contributed by atoms with van der Waals surface area (Å²) in [5.41, 5.74) is 2.45. The number of rotatable bonds is 5. The van der Waals surface area contributed by atoms with Crippen LogP contribution in [-0.2, 0) is 11.8 Å². The highest BCUT2D eigenvalue weighted by atomic mass is 16.5. The van der Waals surface area contributed by atoms with Crippen molar-refractivity contribution in [1.29, 1.82) is 0 Å². The third kappa shape index (κ3) is 4.63. The van der Waals surface area contributed by atoms with Crippen molar-refractivity contribution in [3.63, 3.8) is 0 Å². The van der Waals surface area contributed by atoms with Crippen LogP contribution in [0.1, 0.15) is 11.7 Å². The summed E-state index contributed by atoms with van der Waals surface area (Å²) in [7, 11) is 1.75. The molecule has 7 heteroatoms. The van der Waals surface area contributed by atoms with Crippen LogP contribution in [0.2, 0.25) is 0 Å². The molecule has 1 unspecified atom stereocenters. The summed E-state index contributed by atoms with van der Waals surface area (Å²) in [6.45, 7) is 1.80. The molecule has 5 rings (SSSR count). The van der Waals surface area contributed by atoms with Gasteiger partial charge in [-0.25, -0.2) is 4.98 Å². The summed E-state index contributed by atoms with van der Waals surface area (Å²) in [6.07, 6.45) is 3.26. The van der Waals surface area contributed by atoms with Gasteiger partial charge in [0.2, 0.25) is 5.95 Å². The van der Waals surface area contributed by atoms with E-state index in [2.05, 4.69) is 9.88 Å². The SMILES string of the molecule is Cn1c(N2CCOC(c3ccc(Oc4ccccc4)cc3)C2)nc(-c2ccncc2)cc1=O. The van der Waals surface area contributed by atoms with Crippen molar-refractivity contribution in [2.45, 2.75) is 6.10 Å². The number of nitrogens with zero attached hydrogens (tertiary/aromatic N) is 4. The third-order valence-electron chi connectivity index (χ3n) is 5.67. The molecular formula is C26H24N4O3. The van der Waals surface area contributed by atoms with Gasteiger partial charge in [0.1, 0.15) is 17.6 Å². The van der Waals surface area contributed by atoms with Gasteiger partial charge in [-0.1, -0.05) is 30.3 Å². The number of anilines is 1. The van der Waals surface area contributed by atoms with Crippen LogP contribution >= 0.6 is 0 Å². The van der Waals surface area contributed by atoms with E-state index in [-0.39, 0.29) is 11.7 Å². The van der Waals surface area contributed by atoms with E-state index in [0.29, 0.717) is 31.3 Å². The topological polar surface area (TPSA) is 69.5 Å². The monoisotopic (exact) mass is 440 g/mol. The molecule has 7 nitrogen and oxygen atoms in total. The zero-order valence-corrected chi connectivity index (χ0v) is 18.3. The summed E-state index contributed by atoms with van der Waals surface area (Å²) in [5, 5.41) is 0. The quantitative estimate of drug-likeness (QED) is 0.463. The van der Waals surface area contributed by atoms with E-state index in [1.165, 1.54) is 0 Å².